The molecule has 0 bridgehead atoms. The fourth-order valence-electron chi connectivity index (χ4n) is 2.51. The summed E-state index contributed by atoms with van der Waals surface area (Å²) in [6.07, 6.45) is 4.16. The van der Waals surface area contributed by atoms with Crippen molar-refractivity contribution in [1.82, 2.24) is 0 Å². The number of carbonyl (C=O) groups is 1. The number of rotatable bonds is 2. The summed E-state index contributed by atoms with van der Waals surface area (Å²) in [5, 5.41) is 0. The third-order valence-corrected chi connectivity index (χ3v) is 4.03. The maximum Gasteiger partial charge on any atom is 0.150 e. The maximum absolute atomic E-state index is 11.4. The van der Waals surface area contributed by atoms with Gasteiger partial charge in [-0.05, 0) is 54.0 Å². The first kappa shape index (κ1) is 13.8. The van der Waals surface area contributed by atoms with Crippen LogP contribution in [0.5, 0.6) is 0 Å². The zero-order chi connectivity index (χ0) is 14.2. The quantitative estimate of drug-likeness (QED) is 0.685. The van der Waals surface area contributed by atoms with E-state index in [1.807, 2.05) is 6.07 Å². The van der Waals surface area contributed by atoms with E-state index in [1.54, 1.807) is 0 Å². The Labute approximate surface area is 116 Å². The molecule has 0 aliphatic heterocycles. The Morgan fingerprint density at radius 1 is 1.16 bits per heavy atom. The number of benzene rings is 1. The van der Waals surface area contributed by atoms with Gasteiger partial charge in [0.2, 0.25) is 0 Å². The number of hydrogen-bond acceptors (Lipinski definition) is 1. The zero-order valence-corrected chi connectivity index (χ0v) is 12.5. The fourth-order valence-corrected chi connectivity index (χ4v) is 2.51. The molecule has 1 nitrogen and oxygen atoms in total. The van der Waals surface area contributed by atoms with Crippen LogP contribution in [0.4, 0.5) is 0 Å². The van der Waals surface area contributed by atoms with Crippen molar-refractivity contribution in [2.24, 2.45) is 0 Å². The van der Waals surface area contributed by atoms with Gasteiger partial charge in [0.1, 0.15) is 0 Å². The van der Waals surface area contributed by atoms with Crippen LogP contribution in [0.15, 0.2) is 35.4 Å². The van der Waals surface area contributed by atoms with Crippen LogP contribution in [0.2, 0.25) is 0 Å². The van der Waals surface area contributed by atoms with Gasteiger partial charge in [-0.25, -0.2) is 0 Å². The zero-order valence-electron chi connectivity index (χ0n) is 12.5. The van der Waals surface area contributed by atoms with Crippen molar-refractivity contribution in [1.29, 1.82) is 0 Å². The number of aldehydes is 1. The SMILES string of the molecule is CC1=CCC(c2ccc(C(C)(C)C)cc2C=O)=C1C. The first-order valence-corrected chi connectivity index (χ1v) is 6.81. The second-order valence-corrected chi connectivity index (χ2v) is 6.36. The number of carbonyl (C=O) groups excluding carboxylic acids is 1. The van der Waals surface area contributed by atoms with Gasteiger partial charge >= 0.3 is 0 Å². The van der Waals surface area contributed by atoms with Crippen molar-refractivity contribution in [3.8, 4) is 0 Å². The number of hydrogen-bond donors (Lipinski definition) is 0. The lowest BCUT2D eigenvalue weighted by molar-refractivity contribution is 0.112. The molecule has 0 amide bonds. The van der Waals surface area contributed by atoms with Crippen LogP contribution in [-0.2, 0) is 5.41 Å². The van der Waals surface area contributed by atoms with E-state index in [0.29, 0.717) is 0 Å². The highest BCUT2D eigenvalue weighted by molar-refractivity contribution is 5.89. The molecule has 0 aromatic heterocycles. The molecule has 0 unspecified atom stereocenters. The lowest BCUT2D eigenvalue weighted by Gasteiger charge is -2.20. The molecule has 0 radical (unpaired) electrons. The molecule has 0 fully saturated rings. The minimum atomic E-state index is 0.0730. The van der Waals surface area contributed by atoms with Gasteiger partial charge in [0.25, 0.3) is 0 Å². The molecule has 0 spiro atoms. The van der Waals surface area contributed by atoms with Gasteiger partial charge in [-0.15, -0.1) is 0 Å². The average molecular weight is 254 g/mol. The van der Waals surface area contributed by atoms with Crippen molar-refractivity contribution in [2.45, 2.75) is 46.5 Å². The lowest BCUT2D eigenvalue weighted by Crippen LogP contribution is -2.12. The highest BCUT2D eigenvalue weighted by Gasteiger charge is 2.19. The van der Waals surface area contributed by atoms with E-state index < -0.39 is 0 Å². The van der Waals surface area contributed by atoms with Crippen LogP contribution >= 0.6 is 0 Å². The van der Waals surface area contributed by atoms with Crippen molar-refractivity contribution in [3.05, 3.63) is 52.1 Å². The van der Waals surface area contributed by atoms with Crippen molar-refractivity contribution in [2.75, 3.05) is 0 Å². The maximum atomic E-state index is 11.4. The third-order valence-electron chi connectivity index (χ3n) is 4.03. The predicted molar refractivity (Wildman–Crippen MR) is 81.5 cm³/mol. The van der Waals surface area contributed by atoms with Crippen LogP contribution in [0.25, 0.3) is 5.57 Å². The molecule has 1 aliphatic carbocycles. The molecule has 1 aliphatic rings. The van der Waals surface area contributed by atoms with E-state index in [4.69, 9.17) is 0 Å². The Morgan fingerprint density at radius 3 is 2.32 bits per heavy atom. The Morgan fingerprint density at radius 2 is 1.84 bits per heavy atom. The van der Waals surface area contributed by atoms with E-state index in [0.717, 1.165) is 23.8 Å². The van der Waals surface area contributed by atoms with Gasteiger partial charge in [-0.2, -0.15) is 0 Å². The van der Waals surface area contributed by atoms with Crippen molar-refractivity contribution in [3.63, 3.8) is 0 Å². The molecule has 0 heterocycles. The number of allylic oxidation sites excluding steroid dienone is 4. The third kappa shape index (κ3) is 2.56. The molecular formula is C18H22O. The topological polar surface area (TPSA) is 17.1 Å². The van der Waals surface area contributed by atoms with E-state index in [-0.39, 0.29) is 5.41 Å². The minimum absolute atomic E-state index is 0.0730. The molecule has 2 rings (SSSR count). The summed E-state index contributed by atoms with van der Waals surface area (Å²) in [6, 6.07) is 6.29. The molecule has 1 aromatic rings. The van der Waals surface area contributed by atoms with Gasteiger partial charge in [0.15, 0.2) is 6.29 Å². The van der Waals surface area contributed by atoms with Crippen LogP contribution in [0, 0.1) is 0 Å². The van der Waals surface area contributed by atoms with Crippen LogP contribution in [0.3, 0.4) is 0 Å². The summed E-state index contributed by atoms with van der Waals surface area (Å²) >= 11 is 0. The van der Waals surface area contributed by atoms with E-state index >= 15 is 0 Å². The average Bonchev–Trinajstić information content (AvgIpc) is 2.68. The van der Waals surface area contributed by atoms with Gasteiger partial charge in [-0.3, -0.25) is 4.79 Å². The lowest BCUT2D eigenvalue weighted by atomic mass is 9.84. The van der Waals surface area contributed by atoms with Gasteiger partial charge in [0.05, 0.1) is 0 Å². The highest BCUT2D eigenvalue weighted by atomic mass is 16.1. The Hall–Kier alpha value is -1.63. The van der Waals surface area contributed by atoms with E-state index in [2.05, 4.69) is 52.8 Å². The predicted octanol–water partition coefficient (Wildman–Crippen LogP) is 4.92. The molecule has 0 saturated heterocycles. The second kappa shape index (κ2) is 4.80. The fraction of sp³-hybridized carbons (Fsp3) is 0.389. The van der Waals surface area contributed by atoms with Crippen molar-refractivity contribution >= 4 is 11.9 Å². The monoisotopic (exact) mass is 254 g/mol. The normalized spacial score (nSPS) is 15.7. The summed E-state index contributed by atoms with van der Waals surface area (Å²) in [5.74, 6) is 0. The molecule has 0 N–H and O–H groups in total. The summed E-state index contributed by atoms with van der Waals surface area (Å²) in [5.41, 5.74) is 7.11. The van der Waals surface area contributed by atoms with E-state index in [9.17, 15) is 4.79 Å². The molecule has 0 saturated carbocycles. The molecule has 100 valence electrons. The summed E-state index contributed by atoms with van der Waals surface area (Å²) in [7, 11) is 0. The molecule has 1 aromatic carbocycles. The summed E-state index contributed by atoms with van der Waals surface area (Å²) in [4.78, 5) is 11.4. The molecular weight excluding hydrogens is 232 g/mol. The van der Waals surface area contributed by atoms with Gasteiger partial charge in [0, 0.05) is 5.56 Å². The highest BCUT2D eigenvalue weighted by Crippen LogP contribution is 2.35. The van der Waals surface area contributed by atoms with Crippen LogP contribution in [0.1, 0.15) is 62.5 Å². The first-order chi connectivity index (χ1) is 8.84. The Kier molecular flexibility index (Phi) is 3.49. The minimum Gasteiger partial charge on any atom is -0.298 e. The summed E-state index contributed by atoms with van der Waals surface area (Å²) in [6.45, 7) is 10.8. The van der Waals surface area contributed by atoms with Crippen LogP contribution < -0.4 is 0 Å². The summed E-state index contributed by atoms with van der Waals surface area (Å²) < 4.78 is 0. The first-order valence-electron chi connectivity index (χ1n) is 6.81. The smallest absolute Gasteiger partial charge is 0.150 e. The standard InChI is InChI=1S/C18H22O/c1-12-6-8-16(13(12)2)17-9-7-15(18(3,4)5)10-14(17)11-19/h6-7,9-11H,8H2,1-5H3. The Balaban J connectivity index is 2.53. The van der Waals surface area contributed by atoms with Crippen LogP contribution in [-0.4, -0.2) is 6.29 Å². The molecule has 19 heavy (non-hydrogen) atoms. The van der Waals surface area contributed by atoms with Crippen molar-refractivity contribution < 1.29 is 4.79 Å². The molecule has 0 atom stereocenters. The van der Waals surface area contributed by atoms with E-state index in [1.165, 1.54) is 22.3 Å². The Bertz CT molecular complexity index is 580. The van der Waals surface area contributed by atoms with Gasteiger partial charge < -0.3 is 0 Å². The molecule has 1 heteroatoms. The van der Waals surface area contributed by atoms with Gasteiger partial charge in [-0.1, -0.05) is 44.6 Å². The largest absolute Gasteiger partial charge is 0.298 e. The second-order valence-electron chi connectivity index (χ2n) is 6.36.